The van der Waals surface area contributed by atoms with E-state index in [4.69, 9.17) is 4.74 Å². The highest BCUT2D eigenvalue weighted by Crippen LogP contribution is 2.10. The van der Waals surface area contributed by atoms with E-state index >= 15 is 0 Å². The van der Waals surface area contributed by atoms with E-state index in [0.717, 1.165) is 5.56 Å². The summed E-state index contributed by atoms with van der Waals surface area (Å²) in [4.78, 5) is 11.8. The standard InChI is InChI=1S/C13H18O2/c1-10(2)13(14)12(15-3)9-11-7-5-4-6-8-11/h4-8,10,12H,9H2,1-3H3. The van der Waals surface area contributed by atoms with Crippen LogP contribution >= 0.6 is 0 Å². The number of carbonyl (C=O) groups excluding carboxylic acids is 1. The summed E-state index contributed by atoms with van der Waals surface area (Å²) >= 11 is 0. The smallest absolute Gasteiger partial charge is 0.164 e. The van der Waals surface area contributed by atoms with Crippen LogP contribution in [-0.2, 0) is 16.0 Å². The first-order chi connectivity index (χ1) is 7.15. The predicted octanol–water partition coefficient (Wildman–Crippen LogP) is 2.47. The van der Waals surface area contributed by atoms with Gasteiger partial charge in [-0.3, -0.25) is 4.79 Å². The molecule has 0 saturated heterocycles. The van der Waals surface area contributed by atoms with Gasteiger partial charge >= 0.3 is 0 Å². The van der Waals surface area contributed by atoms with Gasteiger partial charge in [0, 0.05) is 19.4 Å². The third kappa shape index (κ3) is 3.48. The Kier molecular flexibility index (Phi) is 4.50. The lowest BCUT2D eigenvalue weighted by Crippen LogP contribution is -2.29. The van der Waals surface area contributed by atoms with Crippen molar-refractivity contribution in [1.29, 1.82) is 0 Å². The Morgan fingerprint density at radius 3 is 2.33 bits per heavy atom. The molecule has 1 atom stereocenters. The van der Waals surface area contributed by atoms with Gasteiger partial charge in [-0.05, 0) is 5.56 Å². The molecule has 0 aromatic heterocycles. The Balaban J connectivity index is 2.66. The van der Waals surface area contributed by atoms with Crippen molar-refractivity contribution in [2.45, 2.75) is 26.4 Å². The number of methoxy groups -OCH3 is 1. The van der Waals surface area contributed by atoms with Crippen LogP contribution < -0.4 is 0 Å². The largest absolute Gasteiger partial charge is 0.373 e. The molecule has 0 spiro atoms. The van der Waals surface area contributed by atoms with E-state index in [1.54, 1.807) is 7.11 Å². The summed E-state index contributed by atoms with van der Waals surface area (Å²) in [6.45, 7) is 3.80. The Hall–Kier alpha value is -1.15. The van der Waals surface area contributed by atoms with Gasteiger partial charge in [0.2, 0.25) is 0 Å². The molecule has 0 saturated carbocycles. The molecule has 0 N–H and O–H groups in total. The lowest BCUT2D eigenvalue weighted by molar-refractivity contribution is -0.131. The van der Waals surface area contributed by atoms with Crippen LogP contribution in [0.4, 0.5) is 0 Å². The average Bonchev–Trinajstić information content (AvgIpc) is 2.26. The second-order valence-electron chi connectivity index (χ2n) is 3.97. The molecule has 0 aliphatic carbocycles. The summed E-state index contributed by atoms with van der Waals surface area (Å²) in [5.41, 5.74) is 1.14. The zero-order valence-electron chi connectivity index (χ0n) is 9.57. The molecule has 1 rings (SSSR count). The first-order valence-electron chi connectivity index (χ1n) is 5.25. The van der Waals surface area contributed by atoms with Gasteiger partial charge in [-0.25, -0.2) is 0 Å². The summed E-state index contributed by atoms with van der Waals surface area (Å²) < 4.78 is 5.23. The minimum absolute atomic E-state index is 0.0265. The van der Waals surface area contributed by atoms with Gasteiger partial charge in [-0.2, -0.15) is 0 Å². The molecule has 1 unspecified atom stereocenters. The number of hydrogen-bond acceptors (Lipinski definition) is 2. The lowest BCUT2D eigenvalue weighted by atomic mass is 9.98. The number of benzene rings is 1. The predicted molar refractivity (Wildman–Crippen MR) is 60.8 cm³/mol. The number of ether oxygens (including phenoxy) is 1. The fourth-order valence-corrected chi connectivity index (χ4v) is 1.50. The van der Waals surface area contributed by atoms with Gasteiger partial charge in [0.1, 0.15) is 6.10 Å². The average molecular weight is 206 g/mol. The molecule has 0 heterocycles. The second kappa shape index (κ2) is 5.66. The van der Waals surface area contributed by atoms with Crippen molar-refractivity contribution >= 4 is 5.78 Å². The summed E-state index contributed by atoms with van der Waals surface area (Å²) in [5.74, 6) is 0.194. The number of ketones is 1. The summed E-state index contributed by atoms with van der Waals surface area (Å²) in [6, 6.07) is 9.94. The molecule has 0 amide bonds. The second-order valence-corrected chi connectivity index (χ2v) is 3.97. The fourth-order valence-electron chi connectivity index (χ4n) is 1.50. The van der Waals surface area contributed by atoms with Gasteiger partial charge in [0.25, 0.3) is 0 Å². The highest BCUT2D eigenvalue weighted by Gasteiger charge is 2.20. The summed E-state index contributed by atoms with van der Waals surface area (Å²) in [7, 11) is 1.59. The third-order valence-electron chi connectivity index (χ3n) is 2.43. The van der Waals surface area contributed by atoms with E-state index in [-0.39, 0.29) is 17.8 Å². The number of hydrogen-bond donors (Lipinski definition) is 0. The lowest BCUT2D eigenvalue weighted by Gasteiger charge is -2.16. The van der Waals surface area contributed by atoms with Crippen LogP contribution in [0.1, 0.15) is 19.4 Å². The summed E-state index contributed by atoms with van der Waals surface area (Å²) in [6.07, 6.45) is 0.348. The SMILES string of the molecule is COC(Cc1ccccc1)C(=O)C(C)C. The van der Waals surface area contributed by atoms with Crippen LogP contribution in [0, 0.1) is 5.92 Å². The Morgan fingerprint density at radius 1 is 1.27 bits per heavy atom. The molecule has 82 valence electrons. The zero-order valence-corrected chi connectivity index (χ0v) is 9.57. The van der Waals surface area contributed by atoms with Crippen molar-refractivity contribution in [1.82, 2.24) is 0 Å². The molecule has 1 aromatic rings. The monoisotopic (exact) mass is 206 g/mol. The molecule has 0 aliphatic heterocycles. The van der Waals surface area contributed by atoms with Gasteiger partial charge in [0.15, 0.2) is 5.78 Å². The van der Waals surface area contributed by atoms with Crippen LogP contribution in [0.3, 0.4) is 0 Å². The van der Waals surface area contributed by atoms with Gasteiger partial charge in [-0.15, -0.1) is 0 Å². The van der Waals surface area contributed by atoms with Crippen LogP contribution in [-0.4, -0.2) is 19.0 Å². The van der Waals surface area contributed by atoms with Crippen molar-refractivity contribution < 1.29 is 9.53 Å². The molecule has 2 nitrogen and oxygen atoms in total. The molecule has 0 radical (unpaired) electrons. The number of Topliss-reactive ketones (excluding diaryl/α,β-unsaturated/α-hetero) is 1. The Labute approximate surface area is 91.3 Å². The zero-order chi connectivity index (χ0) is 11.3. The maximum absolute atomic E-state index is 11.8. The first kappa shape index (κ1) is 11.9. The van der Waals surface area contributed by atoms with E-state index in [1.807, 2.05) is 44.2 Å². The minimum Gasteiger partial charge on any atom is -0.373 e. The molecule has 2 heteroatoms. The minimum atomic E-state index is -0.313. The first-order valence-corrected chi connectivity index (χ1v) is 5.25. The van der Waals surface area contributed by atoms with E-state index in [1.165, 1.54) is 0 Å². The summed E-state index contributed by atoms with van der Waals surface area (Å²) in [5, 5.41) is 0. The Morgan fingerprint density at radius 2 is 1.87 bits per heavy atom. The normalized spacial score (nSPS) is 12.8. The van der Waals surface area contributed by atoms with Crippen molar-refractivity contribution in [3.05, 3.63) is 35.9 Å². The van der Waals surface area contributed by atoms with E-state index in [9.17, 15) is 4.79 Å². The highest BCUT2D eigenvalue weighted by molar-refractivity contribution is 5.85. The molecular formula is C13H18O2. The molecule has 0 fully saturated rings. The number of carbonyl (C=O) groups is 1. The maximum Gasteiger partial charge on any atom is 0.164 e. The topological polar surface area (TPSA) is 26.3 Å². The third-order valence-corrected chi connectivity index (χ3v) is 2.43. The van der Waals surface area contributed by atoms with E-state index in [0.29, 0.717) is 6.42 Å². The highest BCUT2D eigenvalue weighted by atomic mass is 16.5. The van der Waals surface area contributed by atoms with Crippen molar-refractivity contribution in [3.63, 3.8) is 0 Å². The molecular weight excluding hydrogens is 188 g/mol. The van der Waals surface area contributed by atoms with Crippen LogP contribution in [0.15, 0.2) is 30.3 Å². The quantitative estimate of drug-likeness (QED) is 0.739. The van der Waals surface area contributed by atoms with Crippen molar-refractivity contribution in [2.24, 2.45) is 5.92 Å². The van der Waals surface area contributed by atoms with E-state index < -0.39 is 0 Å². The Bertz CT molecular complexity index is 304. The molecule has 0 bridgehead atoms. The van der Waals surface area contributed by atoms with Crippen molar-refractivity contribution in [2.75, 3.05) is 7.11 Å². The van der Waals surface area contributed by atoms with Crippen LogP contribution in [0.5, 0.6) is 0 Å². The molecule has 1 aromatic carbocycles. The van der Waals surface area contributed by atoms with Crippen LogP contribution in [0.2, 0.25) is 0 Å². The van der Waals surface area contributed by atoms with Crippen LogP contribution in [0.25, 0.3) is 0 Å². The fraction of sp³-hybridized carbons (Fsp3) is 0.462. The molecule has 0 aliphatic rings. The van der Waals surface area contributed by atoms with Gasteiger partial charge in [-0.1, -0.05) is 44.2 Å². The number of rotatable bonds is 5. The van der Waals surface area contributed by atoms with Gasteiger partial charge < -0.3 is 4.74 Å². The van der Waals surface area contributed by atoms with Gasteiger partial charge in [0.05, 0.1) is 0 Å². The van der Waals surface area contributed by atoms with E-state index in [2.05, 4.69) is 0 Å². The maximum atomic E-state index is 11.8. The van der Waals surface area contributed by atoms with Crippen molar-refractivity contribution in [3.8, 4) is 0 Å². The molecule has 15 heavy (non-hydrogen) atoms.